The molecule has 3 heteroatoms. The van der Waals surface area contributed by atoms with Gasteiger partial charge in [0.25, 0.3) is 0 Å². The molecule has 0 amide bonds. The highest BCUT2D eigenvalue weighted by Crippen LogP contribution is 2.22. The van der Waals surface area contributed by atoms with E-state index in [1.807, 2.05) is 31.2 Å². The average molecular weight is 247 g/mol. The lowest BCUT2D eigenvalue weighted by Gasteiger charge is -2.22. The molecule has 18 heavy (non-hydrogen) atoms. The molecule has 1 aromatic rings. The maximum atomic E-state index is 12.2. The van der Waals surface area contributed by atoms with Crippen molar-refractivity contribution < 1.29 is 9.53 Å². The Morgan fingerprint density at radius 2 is 2.11 bits per heavy atom. The van der Waals surface area contributed by atoms with Gasteiger partial charge in [0.2, 0.25) is 0 Å². The zero-order valence-corrected chi connectivity index (χ0v) is 11.2. The maximum absolute atomic E-state index is 12.2. The van der Waals surface area contributed by atoms with E-state index in [4.69, 9.17) is 4.74 Å². The zero-order valence-electron chi connectivity index (χ0n) is 11.2. The van der Waals surface area contributed by atoms with Gasteiger partial charge in [0.05, 0.1) is 12.6 Å². The Kier molecular flexibility index (Phi) is 4.02. The van der Waals surface area contributed by atoms with Gasteiger partial charge < -0.3 is 10.1 Å². The summed E-state index contributed by atoms with van der Waals surface area (Å²) in [5.41, 5.74) is 0.901. The van der Waals surface area contributed by atoms with Crippen LogP contribution in [0.2, 0.25) is 0 Å². The summed E-state index contributed by atoms with van der Waals surface area (Å²) in [6.45, 7) is 2.99. The molecule has 1 fully saturated rings. The second-order valence-electron chi connectivity index (χ2n) is 5.13. The summed E-state index contributed by atoms with van der Waals surface area (Å²) in [4.78, 5) is 12.2. The molecule has 1 N–H and O–H groups in total. The maximum Gasteiger partial charge on any atom is 0.152 e. The van der Waals surface area contributed by atoms with E-state index in [0.717, 1.165) is 31.6 Å². The summed E-state index contributed by atoms with van der Waals surface area (Å²) >= 11 is 0. The van der Waals surface area contributed by atoms with Gasteiger partial charge in [-0.3, -0.25) is 4.79 Å². The van der Waals surface area contributed by atoms with E-state index in [1.54, 1.807) is 7.11 Å². The molecule has 0 saturated carbocycles. The predicted molar refractivity (Wildman–Crippen MR) is 72.0 cm³/mol. The van der Waals surface area contributed by atoms with Crippen LogP contribution in [-0.2, 0) is 11.2 Å². The number of rotatable bonds is 5. The van der Waals surface area contributed by atoms with Crippen molar-refractivity contribution >= 4 is 5.78 Å². The first-order chi connectivity index (χ1) is 8.64. The van der Waals surface area contributed by atoms with Crippen molar-refractivity contribution in [2.45, 2.75) is 38.1 Å². The lowest BCUT2D eigenvalue weighted by atomic mass is 9.90. The molecule has 0 spiro atoms. The molecule has 1 atom stereocenters. The number of ether oxygens (including phenoxy) is 1. The lowest BCUT2D eigenvalue weighted by Crippen LogP contribution is -2.44. The Labute approximate surface area is 109 Å². The van der Waals surface area contributed by atoms with Gasteiger partial charge in [0, 0.05) is 6.42 Å². The van der Waals surface area contributed by atoms with Gasteiger partial charge >= 0.3 is 0 Å². The predicted octanol–water partition coefficient (Wildman–Crippen LogP) is 2.34. The third-order valence-electron chi connectivity index (χ3n) is 3.78. The Balaban J connectivity index is 1.88. The first-order valence-corrected chi connectivity index (χ1v) is 6.55. The van der Waals surface area contributed by atoms with E-state index in [-0.39, 0.29) is 5.54 Å². The molecular formula is C15H21NO2. The van der Waals surface area contributed by atoms with Crippen LogP contribution in [0.1, 0.15) is 31.7 Å². The summed E-state index contributed by atoms with van der Waals surface area (Å²) in [7, 11) is 1.66. The molecule has 0 aromatic heterocycles. The molecule has 0 bridgehead atoms. The van der Waals surface area contributed by atoms with Crippen LogP contribution in [0.4, 0.5) is 0 Å². The van der Waals surface area contributed by atoms with Crippen molar-refractivity contribution in [3.63, 3.8) is 0 Å². The zero-order chi connectivity index (χ0) is 13.0. The average Bonchev–Trinajstić information content (AvgIpc) is 2.85. The second-order valence-corrected chi connectivity index (χ2v) is 5.13. The van der Waals surface area contributed by atoms with E-state index in [0.29, 0.717) is 12.2 Å². The van der Waals surface area contributed by atoms with E-state index in [1.165, 1.54) is 5.56 Å². The topological polar surface area (TPSA) is 38.3 Å². The van der Waals surface area contributed by atoms with E-state index in [9.17, 15) is 4.79 Å². The van der Waals surface area contributed by atoms with Crippen LogP contribution in [-0.4, -0.2) is 25.0 Å². The normalized spacial score (nSPS) is 23.0. The molecule has 1 unspecified atom stereocenters. The molecule has 98 valence electrons. The van der Waals surface area contributed by atoms with Crippen LogP contribution in [0.25, 0.3) is 0 Å². The number of hydrogen-bond donors (Lipinski definition) is 1. The molecule has 1 aliphatic rings. The van der Waals surface area contributed by atoms with Crippen LogP contribution < -0.4 is 10.1 Å². The van der Waals surface area contributed by atoms with Crippen LogP contribution in [0.5, 0.6) is 5.75 Å². The highest BCUT2D eigenvalue weighted by atomic mass is 16.5. The van der Waals surface area contributed by atoms with Gasteiger partial charge in [0.15, 0.2) is 5.78 Å². The number of Topliss-reactive ketones (excluding diaryl/α,β-unsaturated/α-hetero) is 1. The van der Waals surface area contributed by atoms with Crippen molar-refractivity contribution in [1.29, 1.82) is 0 Å². The van der Waals surface area contributed by atoms with Crippen LogP contribution in [0.3, 0.4) is 0 Å². The largest absolute Gasteiger partial charge is 0.497 e. The number of benzene rings is 1. The fourth-order valence-corrected chi connectivity index (χ4v) is 2.46. The highest BCUT2D eigenvalue weighted by molar-refractivity contribution is 5.88. The number of carbonyl (C=O) groups excluding carboxylic acids is 1. The Bertz CT molecular complexity index is 405. The molecule has 1 aromatic carbocycles. The number of hydrogen-bond acceptors (Lipinski definition) is 3. The van der Waals surface area contributed by atoms with Crippen molar-refractivity contribution in [3.8, 4) is 5.75 Å². The van der Waals surface area contributed by atoms with Gasteiger partial charge in [-0.1, -0.05) is 12.1 Å². The lowest BCUT2D eigenvalue weighted by molar-refractivity contribution is -0.124. The van der Waals surface area contributed by atoms with E-state index in [2.05, 4.69) is 5.32 Å². The SMILES string of the molecule is COc1ccc(CCC(=O)C2(C)CCCN2)cc1. The van der Waals surface area contributed by atoms with Crippen molar-refractivity contribution in [1.82, 2.24) is 5.32 Å². The summed E-state index contributed by atoms with van der Waals surface area (Å²) in [6, 6.07) is 7.93. The quantitative estimate of drug-likeness (QED) is 0.868. The fraction of sp³-hybridized carbons (Fsp3) is 0.533. The molecule has 0 radical (unpaired) electrons. The summed E-state index contributed by atoms with van der Waals surface area (Å²) < 4.78 is 5.12. The van der Waals surface area contributed by atoms with Gasteiger partial charge in [0.1, 0.15) is 5.75 Å². The molecule has 1 saturated heterocycles. The van der Waals surface area contributed by atoms with Crippen molar-refractivity contribution in [3.05, 3.63) is 29.8 Å². The number of aryl methyl sites for hydroxylation is 1. The molecule has 3 nitrogen and oxygen atoms in total. The van der Waals surface area contributed by atoms with Crippen LogP contribution in [0, 0.1) is 0 Å². The van der Waals surface area contributed by atoms with Crippen LogP contribution >= 0.6 is 0 Å². The molecule has 1 heterocycles. The minimum absolute atomic E-state index is 0.285. The van der Waals surface area contributed by atoms with Gasteiger partial charge in [-0.15, -0.1) is 0 Å². The van der Waals surface area contributed by atoms with Crippen molar-refractivity contribution in [2.75, 3.05) is 13.7 Å². The standard InChI is InChI=1S/C15H21NO2/c1-15(10-3-11-16-15)14(17)9-6-12-4-7-13(18-2)8-5-12/h4-5,7-8,16H,3,6,9-11H2,1-2H3. The van der Waals surface area contributed by atoms with Gasteiger partial charge in [-0.25, -0.2) is 0 Å². The smallest absolute Gasteiger partial charge is 0.152 e. The summed E-state index contributed by atoms with van der Waals surface area (Å²) in [5, 5.41) is 3.32. The summed E-state index contributed by atoms with van der Waals surface area (Å²) in [5.74, 6) is 1.19. The minimum atomic E-state index is -0.285. The highest BCUT2D eigenvalue weighted by Gasteiger charge is 2.34. The third kappa shape index (κ3) is 2.91. The first kappa shape index (κ1) is 13.1. The fourth-order valence-electron chi connectivity index (χ4n) is 2.46. The molecule has 2 rings (SSSR count). The number of carbonyl (C=O) groups is 1. The van der Waals surface area contributed by atoms with Crippen LogP contribution in [0.15, 0.2) is 24.3 Å². The van der Waals surface area contributed by atoms with E-state index >= 15 is 0 Å². The van der Waals surface area contributed by atoms with Gasteiger partial charge in [-0.2, -0.15) is 0 Å². The molecular weight excluding hydrogens is 226 g/mol. The number of ketones is 1. The third-order valence-corrected chi connectivity index (χ3v) is 3.78. The first-order valence-electron chi connectivity index (χ1n) is 6.55. The van der Waals surface area contributed by atoms with Crippen molar-refractivity contribution in [2.24, 2.45) is 0 Å². The Morgan fingerprint density at radius 3 is 2.67 bits per heavy atom. The summed E-state index contributed by atoms with van der Waals surface area (Å²) in [6.07, 6.45) is 3.48. The Hall–Kier alpha value is -1.35. The monoisotopic (exact) mass is 247 g/mol. The molecule has 0 aliphatic carbocycles. The molecule has 1 aliphatic heterocycles. The Morgan fingerprint density at radius 1 is 1.39 bits per heavy atom. The minimum Gasteiger partial charge on any atom is -0.497 e. The van der Waals surface area contributed by atoms with Gasteiger partial charge in [-0.05, 0) is 50.4 Å². The number of nitrogens with one attached hydrogen (secondary N) is 1. The number of methoxy groups -OCH3 is 1. The second kappa shape index (κ2) is 5.53. The van der Waals surface area contributed by atoms with E-state index < -0.39 is 0 Å².